The smallest absolute Gasteiger partial charge is 0.182 e. The van der Waals surface area contributed by atoms with Gasteiger partial charge in [0.2, 0.25) is 0 Å². The summed E-state index contributed by atoms with van der Waals surface area (Å²) in [7, 11) is 0. The van der Waals surface area contributed by atoms with Crippen molar-refractivity contribution in [2.75, 3.05) is 0 Å². The fourth-order valence-corrected chi connectivity index (χ4v) is 3.36. The predicted octanol–water partition coefficient (Wildman–Crippen LogP) is 5.72. The lowest BCUT2D eigenvalue weighted by molar-refractivity contribution is 1.05. The molecule has 1 aromatic heterocycles. The van der Waals surface area contributed by atoms with Crippen LogP contribution in [0.4, 0.5) is 0 Å². The van der Waals surface area contributed by atoms with Gasteiger partial charge in [0.25, 0.3) is 0 Å². The lowest BCUT2D eigenvalue weighted by Crippen LogP contribution is -1.96. The average molecular weight is 368 g/mol. The van der Waals surface area contributed by atoms with E-state index in [9.17, 15) is 0 Å². The number of aromatic amines is 1. The number of nitrogens with one attached hydrogen (secondary N) is 1. The fourth-order valence-electron chi connectivity index (χ4n) is 2.26. The third kappa shape index (κ3) is 2.22. The van der Waals surface area contributed by atoms with Crippen molar-refractivity contribution >= 4 is 50.8 Å². The Hall–Kier alpha value is -1.10. The SMILES string of the molecule is Cc1ccc2[nH]c(=S)n(-c3cc(Cl)c(C)cc3Br)c2c1. The van der Waals surface area contributed by atoms with Gasteiger partial charge in [0.1, 0.15) is 0 Å². The van der Waals surface area contributed by atoms with Gasteiger partial charge in [-0.2, -0.15) is 0 Å². The summed E-state index contributed by atoms with van der Waals surface area (Å²) in [5.74, 6) is 0. The molecule has 3 rings (SSSR count). The Balaban J connectivity index is 2.40. The van der Waals surface area contributed by atoms with E-state index in [0.717, 1.165) is 31.8 Å². The Labute approximate surface area is 135 Å². The van der Waals surface area contributed by atoms with Gasteiger partial charge in [-0.25, -0.2) is 0 Å². The van der Waals surface area contributed by atoms with Crippen molar-refractivity contribution in [1.29, 1.82) is 0 Å². The Morgan fingerprint density at radius 2 is 1.95 bits per heavy atom. The number of H-pyrrole nitrogens is 1. The molecule has 0 saturated carbocycles. The highest BCUT2D eigenvalue weighted by atomic mass is 79.9. The third-order valence-electron chi connectivity index (χ3n) is 3.31. The number of fused-ring (bicyclic) bond motifs is 1. The zero-order valence-electron chi connectivity index (χ0n) is 11.0. The number of hydrogen-bond donors (Lipinski definition) is 1. The summed E-state index contributed by atoms with van der Waals surface area (Å²) in [4.78, 5) is 3.23. The van der Waals surface area contributed by atoms with E-state index in [-0.39, 0.29) is 0 Å². The number of imidazole rings is 1. The highest BCUT2D eigenvalue weighted by molar-refractivity contribution is 9.10. The molecule has 0 radical (unpaired) electrons. The molecule has 0 spiro atoms. The zero-order valence-corrected chi connectivity index (χ0v) is 14.2. The summed E-state index contributed by atoms with van der Waals surface area (Å²) in [5, 5.41) is 0.729. The number of benzene rings is 2. The minimum absolute atomic E-state index is 0.659. The average Bonchev–Trinajstić information content (AvgIpc) is 2.69. The first-order chi connectivity index (χ1) is 9.47. The van der Waals surface area contributed by atoms with E-state index in [1.807, 2.05) is 29.7 Å². The van der Waals surface area contributed by atoms with Gasteiger partial charge in [0, 0.05) is 9.50 Å². The van der Waals surface area contributed by atoms with Crippen molar-refractivity contribution in [2.45, 2.75) is 13.8 Å². The van der Waals surface area contributed by atoms with Crippen molar-refractivity contribution in [2.24, 2.45) is 0 Å². The molecule has 0 bridgehead atoms. The van der Waals surface area contributed by atoms with E-state index >= 15 is 0 Å². The van der Waals surface area contributed by atoms with Crippen LogP contribution in [0.25, 0.3) is 16.7 Å². The van der Waals surface area contributed by atoms with E-state index in [1.54, 1.807) is 0 Å². The van der Waals surface area contributed by atoms with Crippen molar-refractivity contribution < 1.29 is 0 Å². The van der Waals surface area contributed by atoms with Gasteiger partial charge < -0.3 is 4.98 Å². The van der Waals surface area contributed by atoms with Crippen molar-refractivity contribution in [3.8, 4) is 5.69 Å². The van der Waals surface area contributed by atoms with Crippen LogP contribution in [0, 0.1) is 18.6 Å². The van der Waals surface area contributed by atoms with Crippen LogP contribution < -0.4 is 0 Å². The van der Waals surface area contributed by atoms with Crippen molar-refractivity contribution in [3.63, 3.8) is 0 Å². The Bertz CT molecular complexity index is 879. The standard InChI is InChI=1S/C15H12BrClN2S/c1-8-3-4-12-14(5-8)19(15(20)18-12)13-7-11(17)9(2)6-10(13)16/h3-7H,1-2H3,(H,18,20). The molecule has 20 heavy (non-hydrogen) atoms. The predicted molar refractivity (Wildman–Crippen MR) is 90.6 cm³/mol. The molecule has 0 fully saturated rings. The fraction of sp³-hybridized carbons (Fsp3) is 0.133. The van der Waals surface area contributed by atoms with Gasteiger partial charge in [-0.3, -0.25) is 4.57 Å². The maximum atomic E-state index is 6.26. The maximum absolute atomic E-state index is 6.26. The minimum atomic E-state index is 0.659. The summed E-state index contributed by atoms with van der Waals surface area (Å²) >= 11 is 15.3. The molecule has 0 unspecified atom stereocenters. The summed E-state index contributed by atoms with van der Waals surface area (Å²) < 4.78 is 3.64. The molecule has 0 aliphatic rings. The first kappa shape index (κ1) is 13.9. The molecule has 1 heterocycles. The molecule has 5 heteroatoms. The lowest BCUT2D eigenvalue weighted by atomic mass is 10.2. The number of rotatable bonds is 1. The monoisotopic (exact) mass is 366 g/mol. The first-order valence-electron chi connectivity index (χ1n) is 6.15. The lowest BCUT2D eigenvalue weighted by Gasteiger charge is -2.10. The maximum Gasteiger partial charge on any atom is 0.182 e. The van der Waals surface area contributed by atoms with Gasteiger partial charge in [0.15, 0.2) is 4.77 Å². The van der Waals surface area contributed by atoms with Crippen LogP contribution in [-0.4, -0.2) is 9.55 Å². The molecule has 2 nitrogen and oxygen atoms in total. The largest absolute Gasteiger partial charge is 0.330 e. The minimum Gasteiger partial charge on any atom is -0.330 e. The highest BCUT2D eigenvalue weighted by Crippen LogP contribution is 2.31. The summed E-state index contributed by atoms with van der Waals surface area (Å²) in [6, 6.07) is 10.2. The second-order valence-electron chi connectivity index (χ2n) is 4.84. The van der Waals surface area contributed by atoms with Crippen molar-refractivity contribution in [1.82, 2.24) is 9.55 Å². The topological polar surface area (TPSA) is 20.7 Å². The number of aromatic nitrogens is 2. The van der Waals surface area contributed by atoms with Crippen LogP contribution in [0.3, 0.4) is 0 Å². The van der Waals surface area contributed by atoms with Crippen LogP contribution in [0.15, 0.2) is 34.8 Å². The van der Waals surface area contributed by atoms with E-state index < -0.39 is 0 Å². The molecule has 2 aromatic carbocycles. The molecule has 0 aliphatic heterocycles. The number of hydrogen-bond acceptors (Lipinski definition) is 1. The van der Waals surface area contributed by atoms with Gasteiger partial charge in [0.05, 0.1) is 16.7 Å². The molecule has 102 valence electrons. The van der Waals surface area contributed by atoms with Crippen LogP contribution >= 0.6 is 39.7 Å². The van der Waals surface area contributed by atoms with Crippen LogP contribution in [-0.2, 0) is 0 Å². The molecule has 0 amide bonds. The normalized spacial score (nSPS) is 11.2. The Morgan fingerprint density at radius 1 is 1.20 bits per heavy atom. The summed E-state index contributed by atoms with van der Waals surface area (Å²) in [6.45, 7) is 4.05. The molecule has 3 aromatic rings. The van der Waals surface area contributed by atoms with E-state index in [0.29, 0.717) is 4.77 Å². The molecule has 0 aliphatic carbocycles. The summed E-state index contributed by atoms with van der Waals surface area (Å²) in [5.41, 5.74) is 5.24. The molecule has 0 atom stereocenters. The van der Waals surface area contributed by atoms with Gasteiger partial charge in [-0.05, 0) is 77.4 Å². The third-order valence-corrected chi connectivity index (χ3v) is 4.63. The first-order valence-corrected chi connectivity index (χ1v) is 7.72. The van der Waals surface area contributed by atoms with E-state index in [1.165, 1.54) is 5.56 Å². The van der Waals surface area contributed by atoms with Crippen molar-refractivity contribution in [3.05, 3.63) is 55.7 Å². The van der Waals surface area contributed by atoms with Gasteiger partial charge in [-0.15, -0.1) is 0 Å². The number of aryl methyl sites for hydroxylation is 2. The van der Waals surface area contributed by atoms with Crippen LogP contribution in [0.2, 0.25) is 5.02 Å². The molecular weight excluding hydrogens is 356 g/mol. The van der Waals surface area contributed by atoms with Gasteiger partial charge in [-0.1, -0.05) is 17.7 Å². The molecule has 0 saturated heterocycles. The van der Waals surface area contributed by atoms with Crippen LogP contribution in [0.1, 0.15) is 11.1 Å². The Morgan fingerprint density at radius 3 is 2.70 bits per heavy atom. The quantitative estimate of drug-likeness (QED) is 0.545. The Kier molecular flexibility index (Phi) is 3.48. The second-order valence-corrected chi connectivity index (χ2v) is 6.49. The number of halogens is 2. The van der Waals surface area contributed by atoms with Gasteiger partial charge >= 0.3 is 0 Å². The second kappa shape index (κ2) is 5.02. The molecular formula is C15H12BrClN2S. The highest BCUT2D eigenvalue weighted by Gasteiger charge is 2.11. The van der Waals surface area contributed by atoms with E-state index in [4.69, 9.17) is 23.8 Å². The van der Waals surface area contributed by atoms with Crippen LogP contribution in [0.5, 0.6) is 0 Å². The summed E-state index contributed by atoms with van der Waals surface area (Å²) in [6.07, 6.45) is 0. The molecule has 1 N–H and O–H groups in total. The van der Waals surface area contributed by atoms with E-state index in [2.05, 4.69) is 40.0 Å². The number of nitrogens with zero attached hydrogens (tertiary/aromatic N) is 1. The zero-order chi connectivity index (χ0) is 14.4.